The van der Waals surface area contributed by atoms with Gasteiger partial charge in [0.15, 0.2) is 0 Å². The Hall–Kier alpha value is -0.510. The van der Waals surface area contributed by atoms with Crippen LogP contribution in [0.3, 0.4) is 0 Å². The lowest BCUT2D eigenvalue weighted by molar-refractivity contribution is 0.179. The summed E-state index contributed by atoms with van der Waals surface area (Å²) in [6.45, 7) is 5.48. The van der Waals surface area contributed by atoms with Crippen LogP contribution in [-0.4, -0.2) is 29.8 Å². The summed E-state index contributed by atoms with van der Waals surface area (Å²) in [4.78, 5) is 0. The van der Waals surface area contributed by atoms with E-state index in [1.54, 1.807) is 0 Å². The van der Waals surface area contributed by atoms with E-state index in [1.165, 1.54) is 30.6 Å². The van der Waals surface area contributed by atoms with Crippen molar-refractivity contribution in [3.05, 3.63) is 35.9 Å². The summed E-state index contributed by atoms with van der Waals surface area (Å²) >= 11 is 1.95. The molecule has 0 radical (unpaired) electrons. The summed E-state index contributed by atoms with van der Waals surface area (Å²) in [6, 6.07) is 10.4. The second kappa shape index (κ2) is 10.3. The fourth-order valence-electron chi connectivity index (χ4n) is 2.25. The summed E-state index contributed by atoms with van der Waals surface area (Å²) in [7, 11) is 0. The third-order valence-electron chi connectivity index (χ3n) is 3.55. The zero-order chi connectivity index (χ0) is 14.7. The molecule has 1 aromatic carbocycles. The van der Waals surface area contributed by atoms with Gasteiger partial charge in [0.25, 0.3) is 0 Å². The summed E-state index contributed by atoms with van der Waals surface area (Å²) < 4.78 is 0. The van der Waals surface area contributed by atoms with E-state index in [-0.39, 0.29) is 12.1 Å². The van der Waals surface area contributed by atoms with Gasteiger partial charge in [-0.25, -0.2) is 0 Å². The highest BCUT2D eigenvalue weighted by atomic mass is 32.2. The lowest BCUT2D eigenvalue weighted by atomic mass is 9.92. The van der Waals surface area contributed by atoms with Gasteiger partial charge in [-0.15, -0.1) is 0 Å². The molecule has 0 aliphatic carbocycles. The lowest BCUT2D eigenvalue weighted by Crippen LogP contribution is -2.48. The number of hydrogen-bond acceptors (Lipinski definition) is 3. The summed E-state index contributed by atoms with van der Waals surface area (Å²) in [5, 5.41) is 13.6. The molecule has 0 aliphatic heterocycles. The van der Waals surface area contributed by atoms with Crippen molar-refractivity contribution in [1.29, 1.82) is 0 Å². The topological polar surface area (TPSA) is 32.3 Å². The summed E-state index contributed by atoms with van der Waals surface area (Å²) in [6.07, 6.45) is 4.91. The highest BCUT2D eigenvalue weighted by molar-refractivity contribution is 7.99. The molecule has 0 heterocycles. The summed E-state index contributed by atoms with van der Waals surface area (Å²) in [5.41, 5.74) is 0.896. The van der Waals surface area contributed by atoms with Crippen LogP contribution in [0.15, 0.2) is 30.3 Å². The monoisotopic (exact) mass is 295 g/mol. The minimum atomic E-state index is -0.297. The molecule has 3 heteroatoms. The molecule has 1 rings (SSSR count). The molecule has 0 aromatic heterocycles. The number of aliphatic hydroxyl groups is 1. The Kier molecular flexibility index (Phi) is 8.99. The van der Waals surface area contributed by atoms with Crippen molar-refractivity contribution in [1.82, 2.24) is 5.32 Å². The van der Waals surface area contributed by atoms with Crippen LogP contribution in [0.5, 0.6) is 0 Å². The predicted molar refractivity (Wildman–Crippen MR) is 90.3 cm³/mol. The van der Waals surface area contributed by atoms with Crippen LogP contribution >= 0.6 is 11.8 Å². The number of benzene rings is 1. The maximum atomic E-state index is 9.98. The second-order valence-electron chi connectivity index (χ2n) is 5.29. The average molecular weight is 295 g/mol. The maximum Gasteiger partial charge on any atom is 0.0760 e. The van der Waals surface area contributed by atoms with Gasteiger partial charge in [0.1, 0.15) is 0 Å². The molecule has 0 fully saturated rings. The van der Waals surface area contributed by atoms with Gasteiger partial charge in [-0.1, -0.05) is 57.0 Å². The molecule has 20 heavy (non-hydrogen) atoms. The highest BCUT2D eigenvalue weighted by Crippen LogP contribution is 2.26. The van der Waals surface area contributed by atoms with Crippen LogP contribution in [0.4, 0.5) is 0 Å². The predicted octanol–water partition coefficient (Wildman–Crippen LogP) is 3.80. The smallest absolute Gasteiger partial charge is 0.0760 e. The minimum Gasteiger partial charge on any atom is -0.394 e. The summed E-state index contributed by atoms with van der Waals surface area (Å²) in [5.74, 6) is 2.10. The molecule has 1 atom stereocenters. The molecule has 1 unspecified atom stereocenters. The van der Waals surface area contributed by atoms with E-state index in [1.807, 2.05) is 17.8 Å². The van der Waals surface area contributed by atoms with Gasteiger partial charge in [0, 0.05) is 5.75 Å². The van der Waals surface area contributed by atoms with Crippen molar-refractivity contribution in [2.45, 2.75) is 45.1 Å². The maximum absolute atomic E-state index is 9.98. The Morgan fingerprint density at radius 1 is 1.10 bits per heavy atom. The quantitative estimate of drug-likeness (QED) is 0.609. The molecule has 0 saturated carbocycles. The Morgan fingerprint density at radius 3 is 2.45 bits per heavy atom. The third-order valence-corrected chi connectivity index (χ3v) is 4.82. The number of nitrogens with one attached hydrogen (secondary N) is 1. The van der Waals surface area contributed by atoms with Crippen LogP contribution in [0.1, 0.15) is 45.1 Å². The van der Waals surface area contributed by atoms with Crippen molar-refractivity contribution in [2.24, 2.45) is 0 Å². The van der Waals surface area contributed by atoms with Crippen LogP contribution in [0.25, 0.3) is 0 Å². The molecule has 0 spiro atoms. The van der Waals surface area contributed by atoms with Gasteiger partial charge in [0.2, 0.25) is 0 Å². The van der Waals surface area contributed by atoms with Gasteiger partial charge >= 0.3 is 0 Å². The van der Waals surface area contributed by atoms with Crippen LogP contribution in [0.2, 0.25) is 0 Å². The first-order valence-electron chi connectivity index (χ1n) is 7.78. The zero-order valence-electron chi connectivity index (χ0n) is 12.9. The van der Waals surface area contributed by atoms with Crippen molar-refractivity contribution >= 4 is 11.8 Å². The van der Waals surface area contributed by atoms with E-state index in [0.717, 1.165) is 18.7 Å². The van der Waals surface area contributed by atoms with E-state index < -0.39 is 0 Å². The first-order chi connectivity index (χ1) is 9.79. The average Bonchev–Trinajstić information content (AvgIpc) is 2.51. The largest absolute Gasteiger partial charge is 0.394 e. The van der Waals surface area contributed by atoms with E-state index in [0.29, 0.717) is 0 Å². The van der Waals surface area contributed by atoms with Crippen molar-refractivity contribution in [2.75, 3.05) is 24.7 Å². The molecule has 0 saturated heterocycles. The van der Waals surface area contributed by atoms with Gasteiger partial charge in [-0.2, -0.15) is 11.8 Å². The van der Waals surface area contributed by atoms with Crippen LogP contribution in [-0.2, 0) is 5.54 Å². The van der Waals surface area contributed by atoms with E-state index >= 15 is 0 Å². The standard InChI is InChI=1S/C17H29NOS/c1-3-5-9-13-20-15-17(14-19,18-12-4-2)16-10-7-6-8-11-16/h6-8,10-11,18-19H,3-5,9,12-15H2,1-2H3. The number of unbranched alkanes of at least 4 members (excludes halogenated alkanes) is 2. The molecule has 114 valence electrons. The minimum absolute atomic E-state index is 0.151. The van der Waals surface area contributed by atoms with Crippen molar-refractivity contribution in [3.63, 3.8) is 0 Å². The first kappa shape index (κ1) is 17.5. The van der Waals surface area contributed by atoms with Gasteiger partial charge in [0.05, 0.1) is 12.1 Å². The number of aliphatic hydroxyl groups excluding tert-OH is 1. The van der Waals surface area contributed by atoms with E-state index in [2.05, 4.69) is 43.4 Å². The van der Waals surface area contributed by atoms with E-state index in [4.69, 9.17) is 0 Å². The molecule has 2 N–H and O–H groups in total. The van der Waals surface area contributed by atoms with E-state index in [9.17, 15) is 5.11 Å². The van der Waals surface area contributed by atoms with Crippen molar-refractivity contribution in [3.8, 4) is 0 Å². The molecule has 0 aliphatic rings. The Bertz CT molecular complexity index is 344. The van der Waals surface area contributed by atoms with Crippen molar-refractivity contribution < 1.29 is 5.11 Å². The second-order valence-corrected chi connectivity index (χ2v) is 6.40. The van der Waals surface area contributed by atoms with Gasteiger partial charge in [-0.05, 0) is 30.7 Å². The lowest BCUT2D eigenvalue weighted by Gasteiger charge is -2.33. The molecule has 0 bridgehead atoms. The highest BCUT2D eigenvalue weighted by Gasteiger charge is 2.30. The SMILES string of the molecule is CCCCCSCC(CO)(NCCC)c1ccccc1. The molecular formula is C17H29NOS. The normalized spacial score (nSPS) is 14.2. The van der Waals surface area contributed by atoms with Gasteiger partial charge < -0.3 is 10.4 Å². The Balaban J connectivity index is 2.67. The molecule has 1 aromatic rings. The first-order valence-corrected chi connectivity index (χ1v) is 8.93. The zero-order valence-corrected chi connectivity index (χ0v) is 13.7. The molecular weight excluding hydrogens is 266 g/mol. The number of hydrogen-bond donors (Lipinski definition) is 2. The Labute approximate surface area is 128 Å². The number of rotatable bonds is 11. The fraction of sp³-hybridized carbons (Fsp3) is 0.647. The Morgan fingerprint density at radius 2 is 1.85 bits per heavy atom. The molecule has 0 amide bonds. The van der Waals surface area contributed by atoms with Gasteiger partial charge in [-0.3, -0.25) is 0 Å². The van der Waals surface area contributed by atoms with Crippen LogP contribution in [0, 0.1) is 0 Å². The molecule has 2 nitrogen and oxygen atoms in total. The third kappa shape index (κ3) is 5.47. The number of thioether (sulfide) groups is 1. The van der Waals surface area contributed by atoms with Crippen LogP contribution < -0.4 is 5.32 Å². The fourth-order valence-corrected chi connectivity index (χ4v) is 3.51.